The first-order chi connectivity index (χ1) is 15.6. The number of carbonyl (C=O) groups is 1. The lowest BCUT2D eigenvalue weighted by Gasteiger charge is -2.40. The van der Waals surface area contributed by atoms with E-state index in [9.17, 15) is 10.1 Å². The highest BCUT2D eigenvalue weighted by Crippen LogP contribution is 2.48. The second kappa shape index (κ2) is 8.09. The summed E-state index contributed by atoms with van der Waals surface area (Å²) in [5, 5.41) is 16.9. The van der Waals surface area contributed by atoms with Crippen molar-refractivity contribution < 1.29 is 4.79 Å². The summed E-state index contributed by atoms with van der Waals surface area (Å²) in [5.41, 5.74) is 10.2. The molecule has 0 bridgehead atoms. The second-order valence-corrected chi connectivity index (χ2v) is 8.75. The third-order valence-corrected chi connectivity index (χ3v) is 6.58. The fourth-order valence-corrected chi connectivity index (χ4v) is 4.89. The lowest BCUT2D eigenvalue weighted by Crippen LogP contribution is -2.40. The lowest BCUT2D eigenvalue weighted by atomic mass is 9.72. The second-order valence-electron chi connectivity index (χ2n) is 7.84. The van der Waals surface area contributed by atoms with E-state index >= 15 is 0 Å². The number of carbonyl (C=O) groups excluding carboxylic acids is 1. The maximum Gasteiger partial charge on any atom is 0.231 e. The normalized spacial score (nSPS) is 20.9. The van der Waals surface area contributed by atoms with Crippen molar-refractivity contribution in [2.24, 2.45) is 5.73 Å². The van der Waals surface area contributed by atoms with Crippen molar-refractivity contribution in [2.75, 3.05) is 4.90 Å². The monoisotopic (exact) mass is 486 g/mol. The molecule has 2 aromatic carbocycles. The van der Waals surface area contributed by atoms with E-state index in [4.69, 9.17) is 5.73 Å². The van der Waals surface area contributed by atoms with Gasteiger partial charge in [0, 0.05) is 22.2 Å². The Morgan fingerprint density at radius 3 is 2.50 bits per heavy atom. The quantitative estimate of drug-likeness (QED) is 0.571. The highest BCUT2D eigenvalue weighted by atomic mass is 79.9. The summed E-state index contributed by atoms with van der Waals surface area (Å²) in [6.07, 6.45) is 2.35. The van der Waals surface area contributed by atoms with E-state index in [1.165, 1.54) is 6.33 Å². The van der Waals surface area contributed by atoms with Crippen LogP contribution in [0.1, 0.15) is 35.8 Å². The largest absolute Gasteiger partial charge is 0.384 e. The number of anilines is 1. The van der Waals surface area contributed by atoms with Crippen LogP contribution in [0.3, 0.4) is 0 Å². The molecular weight excluding hydrogens is 468 g/mol. The predicted octanol–water partition coefficient (Wildman–Crippen LogP) is 4.27. The number of rotatable bonds is 3. The van der Waals surface area contributed by atoms with Crippen LogP contribution in [0, 0.1) is 11.3 Å². The van der Waals surface area contributed by atoms with Gasteiger partial charge in [0.25, 0.3) is 0 Å². The van der Waals surface area contributed by atoms with Crippen LogP contribution < -0.4 is 10.6 Å². The smallest absolute Gasteiger partial charge is 0.231 e. The zero-order valence-electron chi connectivity index (χ0n) is 17.0. The van der Waals surface area contributed by atoms with E-state index < -0.39 is 5.92 Å². The summed E-state index contributed by atoms with van der Waals surface area (Å²) in [6.45, 7) is 0. The number of ketones is 1. The third-order valence-electron chi connectivity index (χ3n) is 6.06. The average Bonchev–Trinajstić information content (AvgIpc) is 3.34. The molecule has 2 atom stereocenters. The van der Waals surface area contributed by atoms with Gasteiger partial charge >= 0.3 is 0 Å². The van der Waals surface area contributed by atoms with E-state index in [0.29, 0.717) is 29.9 Å². The molecule has 2 aliphatic rings. The molecule has 0 saturated carbocycles. The summed E-state index contributed by atoms with van der Waals surface area (Å²) >= 11 is 3.46. The molecule has 0 saturated heterocycles. The Labute approximate surface area is 193 Å². The van der Waals surface area contributed by atoms with Gasteiger partial charge < -0.3 is 5.73 Å². The summed E-state index contributed by atoms with van der Waals surface area (Å²) in [7, 11) is 0. The van der Waals surface area contributed by atoms with Gasteiger partial charge in [0.2, 0.25) is 5.95 Å². The van der Waals surface area contributed by atoms with Gasteiger partial charge in [0.05, 0.1) is 17.6 Å². The maximum absolute atomic E-state index is 13.6. The third kappa shape index (κ3) is 3.31. The van der Waals surface area contributed by atoms with E-state index in [2.05, 4.69) is 37.2 Å². The fraction of sp³-hybridized carbons (Fsp3) is 0.167. The number of hydrogen-bond donors (Lipinski definition) is 2. The van der Waals surface area contributed by atoms with Gasteiger partial charge in [-0.3, -0.25) is 9.69 Å². The number of hydrogen-bond acceptors (Lipinski definition) is 6. The number of nitrogens with one attached hydrogen (secondary N) is 1. The first-order valence-corrected chi connectivity index (χ1v) is 11.0. The van der Waals surface area contributed by atoms with Crippen LogP contribution in [0.4, 0.5) is 5.95 Å². The molecule has 0 fully saturated rings. The number of allylic oxidation sites excluding steroid dienone is 3. The van der Waals surface area contributed by atoms with Crippen molar-refractivity contribution >= 4 is 27.7 Å². The van der Waals surface area contributed by atoms with E-state index in [1.54, 1.807) is 4.90 Å². The number of halogens is 1. The Morgan fingerprint density at radius 2 is 1.84 bits per heavy atom. The summed E-state index contributed by atoms with van der Waals surface area (Å²) in [6, 6.07) is 19.9. The molecule has 2 unspecified atom stereocenters. The number of nitriles is 1. The standard InChI is InChI=1S/C24H19BrN6O/c25-17-8-6-15(7-9-17)21-18(12-26)23(27)31(24-28-13-29-30-24)19-10-16(11-20(32)22(19)21)14-4-2-1-3-5-14/h1-9,13,16,21H,10-11,27H2,(H,28,29,30). The SMILES string of the molecule is N#CC1=C(N)N(c2ncn[nH]2)C2=C(C(=O)CC(c3ccccc3)C2)C1c1ccc(Br)cc1. The number of nitrogens with zero attached hydrogens (tertiary/aromatic N) is 4. The van der Waals surface area contributed by atoms with Crippen LogP contribution in [0.5, 0.6) is 0 Å². The molecule has 7 nitrogen and oxygen atoms in total. The number of aromatic amines is 1. The number of benzene rings is 2. The molecule has 1 aliphatic carbocycles. The Bertz CT molecular complexity index is 1270. The molecule has 0 spiro atoms. The molecule has 3 aromatic rings. The molecule has 0 radical (unpaired) electrons. The van der Waals surface area contributed by atoms with Gasteiger partial charge in [-0.15, -0.1) is 0 Å². The topological polar surface area (TPSA) is 112 Å². The van der Waals surface area contributed by atoms with Crippen molar-refractivity contribution in [1.29, 1.82) is 5.26 Å². The van der Waals surface area contributed by atoms with Gasteiger partial charge in [-0.05, 0) is 35.6 Å². The van der Waals surface area contributed by atoms with Gasteiger partial charge in [-0.2, -0.15) is 15.3 Å². The number of nitrogens with two attached hydrogens (primary N) is 1. The Kier molecular flexibility index (Phi) is 5.11. The first kappa shape index (κ1) is 20.2. The van der Waals surface area contributed by atoms with Crippen molar-refractivity contribution in [3.63, 3.8) is 0 Å². The van der Waals surface area contributed by atoms with Gasteiger partial charge in [0.15, 0.2) is 5.78 Å². The molecule has 3 N–H and O–H groups in total. The van der Waals surface area contributed by atoms with Crippen LogP contribution >= 0.6 is 15.9 Å². The highest BCUT2D eigenvalue weighted by Gasteiger charge is 2.43. The number of Topliss-reactive ketones (excluding diaryl/α,β-unsaturated/α-hetero) is 1. The van der Waals surface area contributed by atoms with E-state index in [-0.39, 0.29) is 17.5 Å². The van der Waals surface area contributed by atoms with Crippen LogP contribution in [0.2, 0.25) is 0 Å². The zero-order chi connectivity index (χ0) is 22.2. The minimum atomic E-state index is -0.522. The summed E-state index contributed by atoms with van der Waals surface area (Å²) < 4.78 is 0.920. The molecule has 2 heterocycles. The Morgan fingerprint density at radius 1 is 1.09 bits per heavy atom. The predicted molar refractivity (Wildman–Crippen MR) is 123 cm³/mol. The number of aromatic nitrogens is 3. The highest BCUT2D eigenvalue weighted by molar-refractivity contribution is 9.10. The molecular formula is C24H19BrN6O. The van der Waals surface area contributed by atoms with Gasteiger partial charge in [0.1, 0.15) is 12.1 Å². The zero-order valence-corrected chi connectivity index (χ0v) is 18.6. The van der Waals surface area contributed by atoms with Crippen LogP contribution in [-0.2, 0) is 4.79 Å². The first-order valence-electron chi connectivity index (χ1n) is 10.2. The molecule has 5 rings (SSSR count). The van der Waals surface area contributed by atoms with Crippen molar-refractivity contribution in [1.82, 2.24) is 15.2 Å². The van der Waals surface area contributed by atoms with Crippen LogP contribution in [0.15, 0.2) is 88.1 Å². The lowest BCUT2D eigenvalue weighted by molar-refractivity contribution is -0.116. The molecule has 1 aromatic heterocycles. The minimum absolute atomic E-state index is 0.00914. The summed E-state index contributed by atoms with van der Waals surface area (Å²) in [4.78, 5) is 19.6. The van der Waals surface area contributed by atoms with E-state index in [1.807, 2.05) is 54.6 Å². The Hall–Kier alpha value is -3.70. The number of H-pyrrole nitrogens is 1. The fourth-order valence-electron chi connectivity index (χ4n) is 4.63. The molecule has 32 heavy (non-hydrogen) atoms. The molecule has 158 valence electrons. The Balaban J connectivity index is 1.71. The van der Waals surface area contributed by atoms with Gasteiger partial charge in [-0.1, -0.05) is 58.4 Å². The van der Waals surface area contributed by atoms with Crippen molar-refractivity contribution in [3.05, 3.63) is 99.2 Å². The molecule has 1 aliphatic heterocycles. The van der Waals surface area contributed by atoms with Crippen LogP contribution in [0.25, 0.3) is 0 Å². The van der Waals surface area contributed by atoms with Crippen molar-refractivity contribution in [3.8, 4) is 6.07 Å². The maximum atomic E-state index is 13.6. The van der Waals surface area contributed by atoms with Crippen molar-refractivity contribution in [2.45, 2.75) is 24.7 Å². The molecule has 0 amide bonds. The average molecular weight is 487 g/mol. The van der Waals surface area contributed by atoms with E-state index in [0.717, 1.165) is 21.3 Å². The minimum Gasteiger partial charge on any atom is -0.384 e. The molecule has 8 heteroatoms. The van der Waals surface area contributed by atoms with Gasteiger partial charge in [-0.25, -0.2) is 5.10 Å². The summed E-state index contributed by atoms with van der Waals surface area (Å²) in [5.74, 6) is 0.148. The van der Waals surface area contributed by atoms with Crippen LogP contribution in [-0.4, -0.2) is 21.0 Å².